The summed E-state index contributed by atoms with van der Waals surface area (Å²) in [6.45, 7) is 0. The van der Waals surface area contributed by atoms with E-state index in [4.69, 9.17) is 0 Å². The van der Waals surface area contributed by atoms with Crippen molar-refractivity contribution in [2.75, 3.05) is 0 Å². The molecule has 70 valence electrons. The predicted molar refractivity (Wildman–Crippen MR) is 53.9 cm³/mol. The van der Waals surface area contributed by atoms with E-state index >= 15 is 0 Å². The second kappa shape index (κ2) is 3.30. The molecule has 2 aromatic rings. The van der Waals surface area contributed by atoms with Crippen LogP contribution in [-0.4, -0.2) is 14.9 Å². The van der Waals surface area contributed by atoms with E-state index in [9.17, 15) is 10.1 Å². The van der Waals surface area contributed by atoms with Gasteiger partial charge in [0.25, 0.3) is 5.69 Å². The third kappa shape index (κ3) is 1.33. The van der Waals surface area contributed by atoms with Crippen LogP contribution in [0.3, 0.4) is 0 Å². The zero-order valence-corrected chi connectivity index (χ0v) is 8.43. The lowest BCUT2D eigenvalue weighted by atomic mass is 10.2. The van der Waals surface area contributed by atoms with Crippen LogP contribution in [0.1, 0.15) is 0 Å². The van der Waals surface area contributed by atoms with Crippen molar-refractivity contribution in [2.45, 2.75) is 0 Å². The van der Waals surface area contributed by atoms with Gasteiger partial charge in [0, 0.05) is 17.8 Å². The largest absolute Gasteiger partial charge is 0.295 e. The van der Waals surface area contributed by atoms with Gasteiger partial charge in [0.1, 0.15) is 10.8 Å². The molecule has 0 aliphatic carbocycles. The van der Waals surface area contributed by atoms with Crippen molar-refractivity contribution in [1.29, 1.82) is 0 Å². The highest BCUT2D eigenvalue weighted by Gasteiger charge is 2.13. The summed E-state index contributed by atoms with van der Waals surface area (Å²) in [6, 6.07) is 1.60. The molecule has 14 heavy (non-hydrogen) atoms. The van der Waals surface area contributed by atoms with Crippen LogP contribution in [0.25, 0.3) is 10.8 Å². The Labute approximate surface area is 87.1 Å². The number of nitrogens with zero attached hydrogens (tertiary/aromatic N) is 3. The molecule has 2 aromatic heterocycles. The van der Waals surface area contributed by atoms with Crippen molar-refractivity contribution in [3.8, 4) is 0 Å². The molecule has 0 radical (unpaired) electrons. The molecular weight excluding hydrogens is 250 g/mol. The molecule has 0 saturated heterocycles. The highest BCUT2D eigenvalue weighted by atomic mass is 79.9. The monoisotopic (exact) mass is 253 g/mol. The van der Waals surface area contributed by atoms with Crippen LogP contribution in [0, 0.1) is 10.1 Å². The topological polar surface area (TPSA) is 68.9 Å². The van der Waals surface area contributed by atoms with E-state index in [0.29, 0.717) is 15.4 Å². The average molecular weight is 254 g/mol. The molecule has 0 spiro atoms. The van der Waals surface area contributed by atoms with E-state index in [0.717, 1.165) is 0 Å². The van der Waals surface area contributed by atoms with E-state index in [1.54, 1.807) is 12.3 Å². The molecule has 2 rings (SSSR count). The summed E-state index contributed by atoms with van der Waals surface area (Å²) in [5, 5.41) is 11.8. The molecule has 0 saturated carbocycles. The van der Waals surface area contributed by atoms with Crippen LogP contribution in [0.15, 0.2) is 29.3 Å². The van der Waals surface area contributed by atoms with Crippen molar-refractivity contribution in [1.82, 2.24) is 9.97 Å². The number of hydrogen-bond acceptors (Lipinski definition) is 4. The Balaban J connectivity index is 2.88. The van der Waals surface area contributed by atoms with Crippen molar-refractivity contribution in [2.24, 2.45) is 0 Å². The van der Waals surface area contributed by atoms with Gasteiger partial charge < -0.3 is 0 Å². The fourth-order valence-corrected chi connectivity index (χ4v) is 1.63. The Hall–Kier alpha value is -1.56. The van der Waals surface area contributed by atoms with Crippen LogP contribution in [0.5, 0.6) is 0 Å². The lowest BCUT2D eigenvalue weighted by Gasteiger charge is -1.98. The maximum atomic E-state index is 10.7. The summed E-state index contributed by atoms with van der Waals surface area (Å²) in [7, 11) is 0. The predicted octanol–water partition coefficient (Wildman–Crippen LogP) is 2.30. The lowest BCUT2D eigenvalue weighted by Crippen LogP contribution is -1.91. The highest BCUT2D eigenvalue weighted by Crippen LogP contribution is 2.27. The molecule has 6 heteroatoms. The van der Waals surface area contributed by atoms with Crippen molar-refractivity contribution in [3.05, 3.63) is 39.4 Å². The van der Waals surface area contributed by atoms with Gasteiger partial charge in [-0.25, -0.2) is 4.98 Å². The van der Waals surface area contributed by atoms with Gasteiger partial charge in [-0.1, -0.05) is 0 Å². The molecule has 2 heterocycles. The maximum Gasteiger partial charge on any atom is 0.295 e. The van der Waals surface area contributed by atoms with Crippen LogP contribution in [0.2, 0.25) is 0 Å². The second-order valence-corrected chi connectivity index (χ2v) is 3.36. The van der Waals surface area contributed by atoms with Gasteiger partial charge in [-0.15, -0.1) is 0 Å². The number of halogens is 1. The first-order chi connectivity index (χ1) is 6.70. The Kier molecular flexibility index (Phi) is 2.12. The third-order valence-electron chi connectivity index (χ3n) is 1.81. The van der Waals surface area contributed by atoms with Gasteiger partial charge in [-0.2, -0.15) is 0 Å². The summed E-state index contributed by atoms with van der Waals surface area (Å²) < 4.78 is 0.561. The number of aromatic nitrogens is 2. The van der Waals surface area contributed by atoms with Crippen LogP contribution >= 0.6 is 15.9 Å². The Bertz CT molecular complexity index is 515. The molecule has 0 amide bonds. The maximum absolute atomic E-state index is 10.7. The van der Waals surface area contributed by atoms with Gasteiger partial charge in [-0.05, 0) is 22.0 Å². The van der Waals surface area contributed by atoms with Crippen LogP contribution in [0.4, 0.5) is 5.69 Å². The molecule has 0 aliphatic rings. The number of nitro groups is 1. The molecular formula is C8H4BrN3O2. The zero-order valence-electron chi connectivity index (χ0n) is 6.85. The summed E-state index contributed by atoms with van der Waals surface area (Å²) in [5.41, 5.74) is -0.00870. The molecule has 0 bridgehead atoms. The quantitative estimate of drug-likeness (QED) is 0.444. The fraction of sp³-hybridized carbons (Fsp3) is 0. The first kappa shape index (κ1) is 9.01. The molecule has 0 unspecified atom stereocenters. The minimum absolute atomic E-state index is 0.00870. The van der Waals surface area contributed by atoms with Gasteiger partial charge in [0.05, 0.1) is 10.3 Å². The Morgan fingerprint density at radius 1 is 1.36 bits per heavy atom. The number of rotatable bonds is 1. The summed E-state index contributed by atoms with van der Waals surface area (Å²) in [6.07, 6.45) is 4.29. The van der Waals surface area contributed by atoms with Crippen molar-refractivity contribution < 1.29 is 4.92 Å². The summed E-state index contributed by atoms with van der Waals surface area (Å²) >= 11 is 3.21. The molecule has 0 N–H and O–H groups in total. The van der Waals surface area contributed by atoms with Crippen molar-refractivity contribution >= 4 is 32.4 Å². The minimum Gasteiger partial charge on any atom is -0.258 e. The van der Waals surface area contributed by atoms with E-state index in [1.165, 1.54) is 12.4 Å². The average Bonchev–Trinajstić information content (AvgIpc) is 2.17. The zero-order chi connectivity index (χ0) is 10.1. The smallest absolute Gasteiger partial charge is 0.258 e. The standard InChI is InChI=1S/C8H4BrN3O2/c9-8-6-3-10-4-7(12(13)14)5(6)1-2-11-8/h1-4H. The van der Waals surface area contributed by atoms with Crippen molar-refractivity contribution in [3.63, 3.8) is 0 Å². The van der Waals surface area contributed by atoms with E-state index < -0.39 is 4.92 Å². The highest BCUT2D eigenvalue weighted by molar-refractivity contribution is 9.10. The molecule has 0 fully saturated rings. The first-order valence-electron chi connectivity index (χ1n) is 3.73. The van der Waals surface area contributed by atoms with Gasteiger partial charge >= 0.3 is 0 Å². The summed E-state index contributed by atoms with van der Waals surface area (Å²) in [4.78, 5) is 17.9. The summed E-state index contributed by atoms with van der Waals surface area (Å²) in [5.74, 6) is 0. The molecule has 0 aromatic carbocycles. The second-order valence-electron chi connectivity index (χ2n) is 2.61. The van der Waals surface area contributed by atoms with E-state index in [-0.39, 0.29) is 5.69 Å². The molecule has 5 nitrogen and oxygen atoms in total. The van der Waals surface area contributed by atoms with Gasteiger partial charge in [-0.3, -0.25) is 15.1 Å². The SMILES string of the molecule is O=[N+]([O-])c1cncc2c(Br)nccc12. The van der Waals surface area contributed by atoms with E-state index in [1.807, 2.05) is 0 Å². The Morgan fingerprint density at radius 2 is 2.14 bits per heavy atom. The number of fused-ring (bicyclic) bond motifs is 1. The lowest BCUT2D eigenvalue weighted by molar-refractivity contribution is -0.383. The first-order valence-corrected chi connectivity index (χ1v) is 4.52. The molecule has 0 atom stereocenters. The Morgan fingerprint density at radius 3 is 2.86 bits per heavy atom. The normalized spacial score (nSPS) is 10.4. The van der Waals surface area contributed by atoms with Gasteiger partial charge in [0.2, 0.25) is 0 Å². The molecule has 0 aliphatic heterocycles. The number of pyridine rings is 2. The van der Waals surface area contributed by atoms with E-state index in [2.05, 4.69) is 25.9 Å². The van der Waals surface area contributed by atoms with Crippen LogP contribution < -0.4 is 0 Å². The van der Waals surface area contributed by atoms with Gasteiger partial charge in [0.15, 0.2) is 0 Å². The third-order valence-corrected chi connectivity index (χ3v) is 2.45. The number of hydrogen-bond donors (Lipinski definition) is 0. The minimum atomic E-state index is -0.457. The van der Waals surface area contributed by atoms with Crippen LogP contribution in [-0.2, 0) is 0 Å². The fourth-order valence-electron chi connectivity index (χ4n) is 1.19.